The zero-order valence-corrected chi connectivity index (χ0v) is 20.7. The normalized spacial score (nSPS) is 20.1. The highest BCUT2D eigenvalue weighted by atomic mass is 19.1. The van der Waals surface area contributed by atoms with E-state index in [1.54, 1.807) is 24.4 Å². The van der Waals surface area contributed by atoms with Crippen molar-refractivity contribution in [2.45, 2.75) is 38.0 Å². The number of nitrogen functional groups attached to an aromatic ring is 1. The van der Waals surface area contributed by atoms with E-state index < -0.39 is 18.1 Å². The molecule has 0 aliphatic carbocycles. The third kappa shape index (κ3) is 6.08. The van der Waals surface area contributed by atoms with Crippen molar-refractivity contribution in [3.05, 3.63) is 66.0 Å². The van der Waals surface area contributed by atoms with Gasteiger partial charge in [-0.1, -0.05) is 12.1 Å². The SMILES string of the molecule is NC(=O)c1cnc(Nc2ccc(CN3CCCC3)cc2)cc1N[C@@H]1CCN(c2ccc(N)cn2)C[C@@H]1F. The van der Waals surface area contributed by atoms with Gasteiger partial charge in [-0.15, -0.1) is 0 Å². The van der Waals surface area contributed by atoms with Crippen LogP contribution in [0.4, 0.5) is 33.1 Å². The van der Waals surface area contributed by atoms with E-state index in [1.165, 1.54) is 24.6 Å². The summed E-state index contributed by atoms with van der Waals surface area (Å²) in [5, 5.41) is 6.48. The number of pyridine rings is 2. The van der Waals surface area contributed by atoms with Crippen LogP contribution in [0.5, 0.6) is 0 Å². The highest BCUT2D eigenvalue weighted by Gasteiger charge is 2.30. The first-order valence-electron chi connectivity index (χ1n) is 12.7. The van der Waals surface area contributed by atoms with E-state index in [9.17, 15) is 4.79 Å². The molecule has 10 heteroatoms. The van der Waals surface area contributed by atoms with E-state index in [-0.39, 0.29) is 12.1 Å². The Kier molecular flexibility index (Phi) is 7.36. The number of hydrogen-bond acceptors (Lipinski definition) is 8. The zero-order valence-electron chi connectivity index (χ0n) is 20.7. The van der Waals surface area contributed by atoms with Crippen LogP contribution in [-0.4, -0.2) is 59.2 Å². The van der Waals surface area contributed by atoms with Crippen molar-refractivity contribution >= 4 is 34.6 Å². The van der Waals surface area contributed by atoms with Crippen molar-refractivity contribution in [2.24, 2.45) is 5.73 Å². The van der Waals surface area contributed by atoms with E-state index in [4.69, 9.17) is 11.5 Å². The number of likely N-dealkylation sites (tertiary alicyclic amines) is 1. The van der Waals surface area contributed by atoms with Crippen molar-refractivity contribution in [1.82, 2.24) is 14.9 Å². The molecule has 5 rings (SSSR count). The molecule has 3 aromatic rings. The molecule has 194 valence electrons. The topological polar surface area (TPSA) is 125 Å². The summed E-state index contributed by atoms with van der Waals surface area (Å²) in [7, 11) is 0. The molecule has 37 heavy (non-hydrogen) atoms. The minimum Gasteiger partial charge on any atom is -0.397 e. The molecule has 0 unspecified atom stereocenters. The lowest BCUT2D eigenvalue weighted by atomic mass is 10.0. The first-order valence-corrected chi connectivity index (χ1v) is 12.7. The highest BCUT2D eigenvalue weighted by molar-refractivity contribution is 5.98. The van der Waals surface area contributed by atoms with Crippen LogP contribution in [0.3, 0.4) is 0 Å². The van der Waals surface area contributed by atoms with Gasteiger partial charge in [0.25, 0.3) is 5.91 Å². The number of carbonyl (C=O) groups is 1. The number of aromatic nitrogens is 2. The second kappa shape index (κ2) is 11.0. The molecule has 0 saturated carbocycles. The number of amides is 1. The van der Waals surface area contributed by atoms with Gasteiger partial charge in [0.15, 0.2) is 0 Å². The number of nitrogens with one attached hydrogen (secondary N) is 2. The van der Waals surface area contributed by atoms with Crippen molar-refractivity contribution in [3.63, 3.8) is 0 Å². The second-order valence-electron chi connectivity index (χ2n) is 9.74. The van der Waals surface area contributed by atoms with E-state index in [0.29, 0.717) is 36.0 Å². The number of nitrogens with two attached hydrogens (primary N) is 2. The molecular weight excluding hydrogens is 471 g/mol. The van der Waals surface area contributed by atoms with E-state index in [1.807, 2.05) is 17.0 Å². The Hall–Kier alpha value is -3.92. The largest absolute Gasteiger partial charge is 0.397 e. The van der Waals surface area contributed by atoms with Crippen LogP contribution in [0.1, 0.15) is 35.2 Å². The molecule has 6 N–H and O–H groups in total. The number of rotatable bonds is 8. The molecule has 1 amide bonds. The summed E-state index contributed by atoms with van der Waals surface area (Å²) < 4.78 is 15.2. The molecule has 1 aromatic carbocycles. The van der Waals surface area contributed by atoms with Crippen LogP contribution in [0.15, 0.2) is 54.9 Å². The quantitative estimate of drug-likeness (QED) is 0.367. The Bertz CT molecular complexity index is 1210. The Morgan fingerprint density at radius 2 is 1.84 bits per heavy atom. The van der Waals surface area contributed by atoms with Gasteiger partial charge in [0.05, 0.1) is 35.7 Å². The number of anilines is 5. The zero-order chi connectivity index (χ0) is 25.8. The van der Waals surface area contributed by atoms with Gasteiger partial charge in [-0.05, 0) is 62.2 Å². The van der Waals surface area contributed by atoms with Gasteiger partial charge >= 0.3 is 0 Å². The van der Waals surface area contributed by atoms with Crippen molar-refractivity contribution in [2.75, 3.05) is 47.4 Å². The second-order valence-corrected chi connectivity index (χ2v) is 9.74. The predicted molar refractivity (Wildman–Crippen MR) is 145 cm³/mol. The van der Waals surface area contributed by atoms with Gasteiger partial charge in [0.2, 0.25) is 0 Å². The molecule has 2 aliphatic rings. The lowest BCUT2D eigenvalue weighted by Gasteiger charge is -2.36. The maximum Gasteiger partial charge on any atom is 0.252 e. The van der Waals surface area contributed by atoms with E-state index in [2.05, 4.69) is 37.6 Å². The minimum absolute atomic E-state index is 0.181. The molecule has 2 aliphatic heterocycles. The third-order valence-corrected chi connectivity index (χ3v) is 6.98. The fraction of sp³-hybridized carbons (Fsp3) is 0.370. The van der Waals surface area contributed by atoms with E-state index >= 15 is 4.39 Å². The molecule has 2 saturated heterocycles. The van der Waals surface area contributed by atoms with Crippen molar-refractivity contribution in [1.29, 1.82) is 0 Å². The fourth-order valence-electron chi connectivity index (χ4n) is 4.94. The van der Waals surface area contributed by atoms with Gasteiger partial charge in [-0.2, -0.15) is 0 Å². The van der Waals surface area contributed by atoms with Crippen LogP contribution < -0.4 is 27.0 Å². The standard InChI is InChI=1S/C27H33FN8O/c28-22-17-36(26-8-5-19(29)14-32-26)12-9-23(22)34-24-13-25(31-15-21(24)27(30)37)33-20-6-3-18(4-7-20)16-35-10-1-2-11-35/h3-8,13-15,22-23H,1-2,9-12,16-17,29H2,(H2,30,37)(H2,31,33,34)/t22-,23+/m0/s1. The van der Waals surface area contributed by atoms with Crippen LogP contribution in [0.2, 0.25) is 0 Å². The number of benzene rings is 1. The summed E-state index contributed by atoms with van der Waals surface area (Å²) in [6.45, 7) is 4.06. The van der Waals surface area contributed by atoms with E-state index in [0.717, 1.165) is 25.3 Å². The number of piperidine rings is 1. The average Bonchev–Trinajstić information content (AvgIpc) is 3.40. The molecule has 2 aromatic heterocycles. The number of halogens is 1. The number of alkyl halides is 1. The monoisotopic (exact) mass is 504 g/mol. The number of primary amides is 1. The van der Waals surface area contributed by atoms with Crippen LogP contribution in [0, 0.1) is 0 Å². The lowest BCUT2D eigenvalue weighted by molar-refractivity contribution is 0.100. The van der Waals surface area contributed by atoms with Crippen LogP contribution >= 0.6 is 0 Å². The molecule has 0 bridgehead atoms. The average molecular weight is 505 g/mol. The number of nitrogens with zero attached hydrogens (tertiary/aromatic N) is 4. The highest BCUT2D eigenvalue weighted by Crippen LogP contribution is 2.27. The summed E-state index contributed by atoms with van der Waals surface area (Å²) >= 11 is 0. The molecule has 9 nitrogen and oxygen atoms in total. The van der Waals surface area contributed by atoms with Crippen LogP contribution in [-0.2, 0) is 6.54 Å². The fourth-order valence-corrected chi connectivity index (χ4v) is 4.94. The Morgan fingerprint density at radius 3 is 2.51 bits per heavy atom. The van der Waals surface area contributed by atoms with Crippen molar-refractivity contribution < 1.29 is 9.18 Å². The van der Waals surface area contributed by atoms with Gasteiger partial charge in [0.1, 0.15) is 17.8 Å². The molecular formula is C27H33FN8O. The smallest absolute Gasteiger partial charge is 0.252 e. The lowest BCUT2D eigenvalue weighted by Crippen LogP contribution is -2.48. The number of hydrogen-bond donors (Lipinski definition) is 4. The molecule has 0 radical (unpaired) electrons. The summed E-state index contributed by atoms with van der Waals surface area (Å²) in [5.41, 5.74) is 14.7. The maximum absolute atomic E-state index is 15.2. The number of carbonyl (C=O) groups excluding carboxylic acids is 1. The summed E-state index contributed by atoms with van der Waals surface area (Å²) in [5.74, 6) is 0.611. The Labute approximate surface area is 216 Å². The van der Waals surface area contributed by atoms with Gasteiger partial charge < -0.3 is 27.0 Å². The molecule has 0 spiro atoms. The van der Waals surface area contributed by atoms with Crippen molar-refractivity contribution in [3.8, 4) is 0 Å². The van der Waals surface area contributed by atoms with Gasteiger partial charge in [-0.25, -0.2) is 14.4 Å². The summed E-state index contributed by atoms with van der Waals surface area (Å²) in [6.07, 6.45) is 4.88. The van der Waals surface area contributed by atoms with Gasteiger partial charge in [-0.3, -0.25) is 9.69 Å². The molecule has 2 atom stereocenters. The van der Waals surface area contributed by atoms with Gasteiger partial charge in [0, 0.05) is 31.0 Å². The Balaban J connectivity index is 1.25. The minimum atomic E-state index is -1.18. The summed E-state index contributed by atoms with van der Waals surface area (Å²) in [6, 6.07) is 13.0. The predicted octanol–water partition coefficient (Wildman–Crippen LogP) is 3.53. The molecule has 2 fully saturated rings. The summed E-state index contributed by atoms with van der Waals surface area (Å²) in [4.78, 5) is 25.1. The third-order valence-electron chi connectivity index (χ3n) is 6.98. The molecule has 4 heterocycles. The first-order chi connectivity index (χ1) is 17.9. The van der Waals surface area contributed by atoms with Crippen LogP contribution in [0.25, 0.3) is 0 Å². The Morgan fingerprint density at radius 1 is 1.05 bits per heavy atom. The first kappa shape index (κ1) is 24.8. The maximum atomic E-state index is 15.2.